The molecule has 22 heavy (non-hydrogen) atoms. The Morgan fingerprint density at radius 2 is 1.86 bits per heavy atom. The summed E-state index contributed by atoms with van der Waals surface area (Å²) >= 11 is 0. The van der Waals surface area contributed by atoms with E-state index in [1.807, 2.05) is 18.2 Å². The molecule has 1 aliphatic carbocycles. The van der Waals surface area contributed by atoms with Gasteiger partial charge in [0.25, 0.3) is 5.91 Å². The van der Waals surface area contributed by atoms with Crippen molar-refractivity contribution in [3.63, 3.8) is 0 Å². The van der Waals surface area contributed by atoms with Gasteiger partial charge in [-0.15, -0.1) is 0 Å². The Morgan fingerprint density at radius 3 is 2.50 bits per heavy atom. The molecule has 1 aromatic carbocycles. The molecule has 0 unspecified atom stereocenters. The predicted octanol–water partition coefficient (Wildman–Crippen LogP) is 2.36. The van der Waals surface area contributed by atoms with Crippen molar-refractivity contribution in [1.82, 2.24) is 10.3 Å². The fourth-order valence-corrected chi connectivity index (χ4v) is 2.07. The molecular formula is C17H17N3O2. The molecule has 112 valence electrons. The molecule has 1 aliphatic rings. The number of hydrogen-bond donors (Lipinski definition) is 2. The Labute approximate surface area is 128 Å². The van der Waals surface area contributed by atoms with Gasteiger partial charge in [0, 0.05) is 23.4 Å². The van der Waals surface area contributed by atoms with Gasteiger partial charge in [0.2, 0.25) is 5.91 Å². The zero-order chi connectivity index (χ0) is 15.4. The molecule has 1 heterocycles. The van der Waals surface area contributed by atoms with Crippen molar-refractivity contribution in [3.05, 3.63) is 59.9 Å². The minimum atomic E-state index is -0.161. The average Bonchev–Trinajstić information content (AvgIpc) is 3.39. The number of aromatic nitrogens is 1. The van der Waals surface area contributed by atoms with Gasteiger partial charge in [-0.05, 0) is 49.2 Å². The zero-order valence-corrected chi connectivity index (χ0v) is 12.1. The van der Waals surface area contributed by atoms with Crippen molar-refractivity contribution in [3.8, 4) is 0 Å². The highest BCUT2D eigenvalue weighted by Crippen LogP contribution is 2.30. The molecule has 0 atom stereocenters. The highest BCUT2D eigenvalue weighted by molar-refractivity contribution is 5.96. The quantitative estimate of drug-likeness (QED) is 0.889. The van der Waals surface area contributed by atoms with Crippen LogP contribution in [-0.2, 0) is 11.3 Å². The molecule has 0 radical (unpaired) electrons. The molecule has 0 spiro atoms. The normalized spacial score (nSPS) is 13.5. The number of benzene rings is 1. The van der Waals surface area contributed by atoms with Crippen molar-refractivity contribution < 1.29 is 9.59 Å². The smallest absolute Gasteiger partial charge is 0.251 e. The first-order chi connectivity index (χ1) is 10.7. The van der Waals surface area contributed by atoms with Gasteiger partial charge in [0.15, 0.2) is 0 Å². The van der Waals surface area contributed by atoms with Crippen molar-refractivity contribution in [2.24, 2.45) is 5.92 Å². The molecule has 2 N–H and O–H groups in total. The lowest BCUT2D eigenvalue weighted by Crippen LogP contribution is -2.23. The Hall–Kier alpha value is -2.69. The average molecular weight is 295 g/mol. The summed E-state index contributed by atoms with van der Waals surface area (Å²) in [4.78, 5) is 27.9. The molecule has 2 aromatic rings. The third-order valence-corrected chi connectivity index (χ3v) is 3.52. The Bertz CT molecular complexity index is 664. The predicted molar refractivity (Wildman–Crippen MR) is 83.2 cm³/mol. The van der Waals surface area contributed by atoms with E-state index in [-0.39, 0.29) is 17.7 Å². The van der Waals surface area contributed by atoms with Gasteiger partial charge < -0.3 is 10.6 Å². The summed E-state index contributed by atoms with van der Waals surface area (Å²) in [5.74, 6) is 0.0689. The molecule has 0 aliphatic heterocycles. The number of amides is 2. The summed E-state index contributed by atoms with van der Waals surface area (Å²) in [6, 6.07) is 12.5. The third kappa shape index (κ3) is 3.69. The molecule has 1 fully saturated rings. The van der Waals surface area contributed by atoms with Crippen molar-refractivity contribution in [1.29, 1.82) is 0 Å². The van der Waals surface area contributed by atoms with Crippen LogP contribution < -0.4 is 10.6 Å². The van der Waals surface area contributed by atoms with Crippen molar-refractivity contribution in [2.45, 2.75) is 19.4 Å². The Kier molecular flexibility index (Phi) is 4.14. The lowest BCUT2D eigenvalue weighted by Gasteiger charge is -2.07. The first-order valence-electron chi connectivity index (χ1n) is 7.31. The summed E-state index contributed by atoms with van der Waals surface area (Å²) in [5.41, 5.74) is 2.09. The standard InChI is InChI=1S/C17H17N3O2/c21-16(19-11-15-3-1-2-10-18-15)12-6-8-14(9-7-12)20-17(22)13-4-5-13/h1-3,6-10,13H,4-5,11H2,(H,19,21)(H,20,22). The van der Waals surface area contributed by atoms with Crippen LogP contribution in [-0.4, -0.2) is 16.8 Å². The summed E-state index contributed by atoms with van der Waals surface area (Å²) < 4.78 is 0. The highest BCUT2D eigenvalue weighted by atomic mass is 16.2. The van der Waals surface area contributed by atoms with Crippen molar-refractivity contribution in [2.75, 3.05) is 5.32 Å². The van der Waals surface area contributed by atoms with Crippen LogP contribution >= 0.6 is 0 Å². The van der Waals surface area contributed by atoms with E-state index in [4.69, 9.17) is 0 Å². The number of carbonyl (C=O) groups excluding carboxylic acids is 2. The summed E-state index contributed by atoms with van der Waals surface area (Å²) in [5, 5.41) is 5.66. The summed E-state index contributed by atoms with van der Waals surface area (Å²) in [6.07, 6.45) is 3.64. The van der Waals surface area contributed by atoms with E-state index < -0.39 is 0 Å². The zero-order valence-electron chi connectivity index (χ0n) is 12.1. The van der Waals surface area contributed by atoms with Crippen LogP contribution in [0.15, 0.2) is 48.7 Å². The number of rotatable bonds is 5. The van der Waals surface area contributed by atoms with Crippen LogP contribution in [0, 0.1) is 5.92 Å². The molecule has 0 saturated heterocycles. The monoisotopic (exact) mass is 295 g/mol. The van der Waals surface area contributed by atoms with Gasteiger partial charge in [0.05, 0.1) is 12.2 Å². The second kappa shape index (κ2) is 6.39. The third-order valence-electron chi connectivity index (χ3n) is 3.52. The fourth-order valence-electron chi connectivity index (χ4n) is 2.07. The SMILES string of the molecule is O=C(NCc1ccccn1)c1ccc(NC(=O)C2CC2)cc1. The minimum absolute atomic E-state index is 0.0624. The molecule has 1 aromatic heterocycles. The van der Waals surface area contributed by atoms with E-state index >= 15 is 0 Å². The number of carbonyl (C=O) groups is 2. The number of anilines is 1. The van der Waals surface area contributed by atoms with Gasteiger partial charge in [-0.25, -0.2) is 0 Å². The van der Waals surface area contributed by atoms with E-state index in [1.165, 1.54) is 0 Å². The Balaban J connectivity index is 1.55. The summed E-state index contributed by atoms with van der Waals surface area (Å²) in [6.45, 7) is 0.389. The molecule has 5 heteroatoms. The fraction of sp³-hybridized carbons (Fsp3) is 0.235. The van der Waals surface area contributed by atoms with Gasteiger partial charge in [-0.3, -0.25) is 14.6 Å². The number of nitrogens with zero attached hydrogens (tertiary/aromatic N) is 1. The molecule has 5 nitrogen and oxygen atoms in total. The molecule has 1 saturated carbocycles. The summed E-state index contributed by atoms with van der Waals surface area (Å²) in [7, 11) is 0. The van der Waals surface area contributed by atoms with Gasteiger partial charge in [0.1, 0.15) is 0 Å². The number of hydrogen-bond acceptors (Lipinski definition) is 3. The van der Waals surface area contributed by atoms with Crippen LogP contribution in [0.2, 0.25) is 0 Å². The Morgan fingerprint density at radius 1 is 1.09 bits per heavy atom. The van der Waals surface area contributed by atoms with E-state index in [1.54, 1.807) is 30.5 Å². The van der Waals surface area contributed by atoms with E-state index in [0.29, 0.717) is 12.1 Å². The first kappa shape index (κ1) is 14.3. The van der Waals surface area contributed by atoms with Crippen LogP contribution in [0.5, 0.6) is 0 Å². The molecule has 3 rings (SSSR count). The van der Waals surface area contributed by atoms with Gasteiger partial charge in [-0.2, -0.15) is 0 Å². The lowest BCUT2D eigenvalue weighted by atomic mass is 10.2. The van der Waals surface area contributed by atoms with E-state index in [9.17, 15) is 9.59 Å². The maximum Gasteiger partial charge on any atom is 0.251 e. The topological polar surface area (TPSA) is 71.1 Å². The number of nitrogens with one attached hydrogen (secondary N) is 2. The lowest BCUT2D eigenvalue weighted by molar-refractivity contribution is -0.117. The minimum Gasteiger partial charge on any atom is -0.346 e. The maximum absolute atomic E-state index is 12.0. The molecular weight excluding hydrogens is 278 g/mol. The first-order valence-corrected chi connectivity index (χ1v) is 7.31. The van der Waals surface area contributed by atoms with E-state index in [2.05, 4.69) is 15.6 Å². The van der Waals surface area contributed by atoms with Crippen LogP contribution in [0.25, 0.3) is 0 Å². The molecule has 0 bridgehead atoms. The largest absolute Gasteiger partial charge is 0.346 e. The van der Waals surface area contributed by atoms with Crippen LogP contribution in [0.1, 0.15) is 28.9 Å². The van der Waals surface area contributed by atoms with E-state index in [0.717, 1.165) is 24.2 Å². The van der Waals surface area contributed by atoms with Crippen LogP contribution in [0.3, 0.4) is 0 Å². The van der Waals surface area contributed by atoms with Crippen molar-refractivity contribution >= 4 is 17.5 Å². The van der Waals surface area contributed by atoms with Crippen LogP contribution in [0.4, 0.5) is 5.69 Å². The second-order valence-corrected chi connectivity index (χ2v) is 5.34. The highest BCUT2D eigenvalue weighted by Gasteiger charge is 2.29. The van der Waals surface area contributed by atoms with Gasteiger partial charge in [-0.1, -0.05) is 6.07 Å². The van der Waals surface area contributed by atoms with Gasteiger partial charge >= 0.3 is 0 Å². The number of pyridine rings is 1. The molecule has 2 amide bonds. The second-order valence-electron chi connectivity index (χ2n) is 5.34. The maximum atomic E-state index is 12.0.